The van der Waals surface area contributed by atoms with E-state index in [1.54, 1.807) is 7.11 Å². The summed E-state index contributed by atoms with van der Waals surface area (Å²) in [6, 6.07) is 16.3. The van der Waals surface area contributed by atoms with Gasteiger partial charge in [0.25, 0.3) is 0 Å². The molecule has 2 aromatic carbocycles. The average molecular weight is 335 g/mol. The third kappa shape index (κ3) is 3.36. The van der Waals surface area contributed by atoms with Crippen LogP contribution < -0.4 is 10.1 Å². The fourth-order valence-electron chi connectivity index (χ4n) is 3.17. The molecule has 1 heterocycles. The molecule has 1 saturated carbocycles. The summed E-state index contributed by atoms with van der Waals surface area (Å²) in [5.41, 5.74) is 3.08. The van der Waals surface area contributed by atoms with E-state index < -0.39 is 0 Å². The molecule has 3 aromatic rings. The number of amides is 1. The van der Waals surface area contributed by atoms with Gasteiger partial charge in [-0.05, 0) is 42.7 Å². The lowest BCUT2D eigenvalue weighted by Crippen LogP contribution is -2.26. The maximum absolute atomic E-state index is 12.3. The summed E-state index contributed by atoms with van der Waals surface area (Å²) in [7, 11) is 1.63. The van der Waals surface area contributed by atoms with Crippen molar-refractivity contribution >= 4 is 16.9 Å². The molecular formula is C20H21N3O2. The van der Waals surface area contributed by atoms with Crippen LogP contribution in [-0.4, -0.2) is 22.6 Å². The molecule has 5 heteroatoms. The predicted molar refractivity (Wildman–Crippen MR) is 96.5 cm³/mol. The molecule has 0 aliphatic heterocycles. The number of nitrogens with zero attached hydrogens (tertiary/aromatic N) is 2. The van der Waals surface area contributed by atoms with Crippen LogP contribution in [0.4, 0.5) is 0 Å². The molecule has 25 heavy (non-hydrogen) atoms. The Bertz CT molecular complexity index is 912. The van der Waals surface area contributed by atoms with E-state index in [9.17, 15) is 4.79 Å². The molecule has 1 fully saturated rings. The first-order valence-electron chi connectivity index (χ1n) is 8.60. The Labute approximate surface area is 146 Å². The van der Waals surface area contributed by atoms with Crippen molar-refractivity contribution in [2.75, 3.05) is 7.11 Å². The molecule has 0 radical (unpaired) electrons. The molecule has 0 spiro atoms. The van der Waals surface area contributed by atoms with Crippen molar-refractivity contribution in [2.24, 2.45) is 0 Å². The Balaban J connectivity index is 1.46. The summed E-state index contributed by atoms with van der Waals surface area (Å²) in [4.78, 5) is 17.0. The number of methoxy groups -OCH3 is 1. The van der Waals surface area contributed by atoms with E-state index in [4.69, 9.17) is 9.72 Å². The number of carbonyl (C=O) groups excluding carboxylic acids is 1. The third-order valence-electron chi connectivity index (χ3n) is 4.52. The maximum Gasteiger partial charge on any atom is 0.224 e. The fraction of sp³-hybridized carbons (Fsp3) is 0.300. The molecule has 0 atom stereocenters. The number of carbonyl (C=O) groups is 1. The second-order valence-electron chi connectivity index (χ2n) is 6.42. The maximum atomic E-state index is 12.3. The summed E-state index contributed by atoms with van der Waals surface area (Å²) in [6.45, 7) is 0.452. The van der Waals surface area contributed by atoms with E-state index in [-0.39, 0.29) is 5.91 Å². The van der Waals surface area contributed by atoms with Crippen LogP contribution in [0.25, 0.3) is 11.0 Å². The first kappa shape index (κ1) is 15.7. The SMILES string of the molecule is COc1cccc(CC(=O)NCc2nc3ccccc3n2C2CC2)c1. The van der Waals surface area contributed by atoms with Crippen molar-refractivity contribution < 1.29 is 9.53 Å². The molecule has 128 valence electrons. The third-order valence-corrected chi connectivity index (χ3v) is 4.52. The van der Waals surface area contributed by atoms with Crippen molar-refractivity contribution in [1.29, 1.82) is 0 Å². The lowest BCUT2D eigenvalue weighted by atomic mass is 10.1. The van der Waals surface area contributed by atoms with Gasteiger partial charge in [0.05, 0.1) is 31.1 Å². The number of ether oxygens (including phenoxy) is 1. The molecule has 1 aliphatic rings. The number of aromatic nitrogens is 2. The largest absolute Gasteiger partial charge is 0.497 e. The van der Waals surface area contributed by atoms with Crippen molar-refractivity contribution in [2.45, 2.75) is 31.8 Å². The van der Waals surface area contributed by atoms with Crippen molar-refractivity contribution in [3.63, 3.8) is 0 Å². The zero-order valence-corrected chi connectivity index (χ0v) is 14.2. The number of nitrogens with one attached hydrogen (secondary N) is 1. The summed E-state index contributed by atoms with van der Waals surface area (Å²) in [5.74, 6) is 1.69. The number of fused-ring (bicyclic) bond motifs is 1. The van der Waals surface area contributed by atoms with Crippen LogP contribution in [0.15, 0.2) is 48.5 Å². The number of benzene rings is 2. The summed E-state index contributed by atoms with van der Waals surface area (Å²) in [5, 5.41) is 3.01. The summed E-state index contributed by atoms with van der Waals surface area (Å²) >= 11 is 0. The highest BCUT2D eigenvalue weighted by Gasteiger charge is 2.28. The topological polar surface area (TPSA) is 56.1 Å². The van der Waals surface area contributed by atoms with Crippen LogP contribution in [0.2, 0.25) is 0 Å². The molecule has 0 saturated heterocycles. The number of para-hydroxylation sites is 2. The van der Waals surface area contributed by atoms with Gasteiger partial charge in [0.2, 0.25) is 5.91 Å². The Hall–Kier alpha value is -2.82. The fourth-order valence-corrected chi connectivity index (χ4v) is 3.17. The first-order valence-corrected chi connectivity index (χ1v) is 8.60. The highest BCUT2D eigenvalue weighted by molar-refractivity contribution is 5.79. The lowest BCUT2D eigenvalue weighted by molar-refractivity contribution is -0.120. The van der Waals surface area contributed by atoms with Crippen LogP contribution in [0.3, 0.4) is 0 Å². The van der Waals surface area contributed by atoms with Gasteiger partial charge in [0.1, 0.15) is 11.6 Å². The molecule has 4 rings (SSSR count). The minimum absolute atomic E-state index is 0.0114. The monoisotopic (exact) mass is 335 g/mol. The molecular weight excluding hydrogens is 314 g/mol. The standard InChI is InChI=1S/C20H21N3O2/c1-25-16-6-4-5-14(11-16)12-20(24)21-13-19-22-17-7-2-3-8-18(17)23(19)15-9-10-15/h2-8,11,15H,9-10,12-13H2,1H3,(H,21,24). The van der Waals surface area contributed by atoms with E-state index in [0.717, 1.165) is 28.2 Å². The quantitative estimate of drug-likeness (QED) is 0.752. The van der Waals surface area contributed by atoms with Crippen molar-refractivity contribution in [3.8, 4) is 5.75 Å². The average Bonchev–Trinajstić information content (AvgIpc) is 3.40. The van der Waals surface area contributed by atoms with Gasteiger partial charge in [0.15, 0.2) is 0 Å². The number of rotatable bonds is 6. The van der Waals surface area contributed by atoms with E-state index in [2.05, 4.69) is 16.0 Å². The predicted octanol–water partition coefficient (Wildman–Crippen LogP) is 3.24. The zero-order chi connectivity index (χ0) is 17.2. The van der Waals surface area contributed by atoms with Crippen LogP contribution in [-0.2, 0) is 17.8 Å². The molecule has 5 nitrogen and oxygen atoms in total. The minimum Gasteiger partial charge on any atom is -0.497 e. The second-order valence-corrected chi connectivity index (χ2v) is 6.42. The molecule has 1 amide bonds. The minimum atomic E-state index is -0.0114. The van der Waals surface area contributed by atoms with Gasteiger partial charge in [-0.3, -0.25) is 4.79 Å². The van der Waals surface area contributed by atoms with Crippen molar-refractivity contribution in [3.05, 3.63) is 59.9 Å². The summed E-state index contributed by atoms with van der Waals surface area (Å²) < 4.78 is 7.48. The zero-order valence-electron chi connectivity index (χ0n) is 14.2. The molecule has 1 aromatic heterocycles. The van der Waals surface area contributed by atoms with Crippen LogP contribution >= 0.6 is 0 Å². The summed E-state index contributed by atoms with van der Waals surface area (Å²) in [6.07, 6.45) is 2.71. The van der Waals surface area contributed by atoms with Gasteiger partial charge in [-0.2, -0.15) is 0 Å². The first-order chi connectivity index (χ1) is 12.2. The normalized spacial score (nSPS) is 13.8. The van der Waals surface area contributed by atoms with E-state index in [0.29, 0.717) is 19.0 Å². The molecule has 1 aliphatic carbocycles. The van der Waals surface area contributed by atoms with Gasteiger partial charge < -0.3 is 14.6 Å². The van der Waals surface area contributed by atoms with Gasteiger partial charge >= 0.3 is 0 Å². The van der Waals surface area contributed by atoms with E-state index in [1.165, 1.54) is 12.8 Å². The van der Waals surface area contributed by atoms with Crippen LogP contribution in [0, 0.1) is 0 Å². The van der Waals surface area contributed by atoms with Crippen molar-refractivity contribution in [1.82, 2.24) is 14.9 Å². The van der Waals surface area contributed by atoms with Gasteiger partial charge in [-0.25, -0.2) is 4.98 Å². The van der Waals surface area contributed by atoms with Crippen LogP contribution in [0.5, 0.6) is 5.75 Å². The Morgan fingerprint density at radius 2 is 2.08 bits per heavy atom. The highest BCUT2D eigenvalue weighted by atomic mass is 16.5. The van der Waals surface area contributed by atoms with Crippen LogP contribution in [0.1, 0.15) is 30.3 Å². The lowest BCUT2D eigenvalue weighted by Gasteiger charge is -2.09. The Morgan fingerprint density at radius 3 is 2.88 bits per heavy atom. The van der Waals surface area contributed by atoms with Gasteiger partial charge in [-0.15, -0.1) is 0 Å². The van der Waals surface area contributed by atoms with Gasteiger partial charge in [0, 0.05) is 6.04 Å². The second kappa shape index (κ2) is 6.59. The molecule has 1 N–H and O–H groups in total. The Morgan fingerprint density at radius 1 is 1.24 bits per heavy atom. The number of hydrogen-bond donors (Lipinski definition) is 1. The van der Waals surface area contributed by atoms with E-state index >= 15 is 0 Å². The number of hydrogen-bond acceptors (Lipinski definition) is 3. The molecule has 0 unspecified atom stereocenters. The highest BCUT2D eigenvalue weighted by Crippen LogP contribution is 2.38. The Kier molecular flexibility index (Phi) is 4.14. The van der Waals surface area contributed by atoms with E-state index in [1.807, 2.05) is 42.5 Å². The smallest absolute Gasteiger partial charge is 0.224 e. The number of imidazole rings is 1. The van der Waals surface area contributed by atoms with Gasteiger partial charge in [-0.1, -0.05) is 24.3 Å². The molecule has 0 bridgehead atoms.